The zero-order valence-electron chi connectivity index (χ0n) is 23.7. The summed E-state index contributed by atoms with van der Waals surface area (Å²) in [6.07, 6.45) is 4.45. The number of pyridine rings is 1. The predicted octanol–water partition coefficient (Wildman–Crippen LogP) is 4.25. The van der Waals surface area contributed by atoms with Gasteiger partial charge in [-0.3, -0.25) is 14.3 Å². The van der Waals surface area contributed by atoms with Crippen LogP contribution in [-0.2, 0) is 11.3 Å². The number of β-amino-alcohol motifs (C(OH)–C–C–N with tert-alkyl or cyclic N) is 1. The van der Waals surface area contributed by atoms with Crippen LogP contribution in [0.2, 0.25) is 0 Å². The zero-order chi connectivity index (χ0) is 29.5. The van der Waals surface area contributed by atoms with Gasteiger partial charge in [-0.1, -0.05) is 12.1 Å². The third kappa shape index (κ3) is 7.06. The smallest absolute Gasteiger partial charge is 0.325 e. The molecule has 0 spiro atoms. The predicted molar refractivity (Wildman–Crippen MR) is 158 cm³/mol. The summed E-state index contributed by atoms with van der Waals surface area (Å²) >= 11 is 0. The van der Waals surface area contributed by atoms with Gasteiger partial charge in [0.05, 0.1) is 18.2 Å². The van der Waals surface area contributed by atoms with E-state index in [1.165, 1.54) is 4.57 Å². The van der Waals surface area contributed by atoms with E-state index in [2.05, 4.69) is 20.5 Å². The van der Waals surface area contributed by atoms with Crippen LogP contribution < -0.4 is 20.1 Å². The third-order valence-electron chi connectivity index (χ3n) is 7.01. The first kappa shape index (κ1) is 29.1. The number of carbonyl (C=O) groups excluding carboxylic acids is 2. The molecule has 3 N–H and O–H groups in total. The number of hydrogen-bond donors (Lipinski definition) is 3. The van der Waals surface area contributed by atoms with E-state index in [0.29, 0.717) is 60.3 Å². The van der Waals surface area contributed by atoms with Gasteiger partial charge in [-0.25, -0.2) is 9.78 Å². The van der Waals surface area contributed by atoms with Crippen molar-refractivity contribution in [1.29, 1.82) is 0 Å². The molecule has 1 fully saturated rings. The molecule has 1 aliphatic rings. The van der Waals surface area contributed by atoms with E-state index in [9.17, 15) is 14.7 Å². The molecule has 1 atom stereocenters. The number of aromatic nitrogens is 2. The Balaban J connectivity index is 1.29. The highest BCUT2D eigenvalue weighted by Gasteiger charge is 2.20. The summed E-state index contributed by atoms with van der Waals surface area (Å²) in [5.74, 6) is 1.42. The number of fused-ring (bicyclic) bond motifs is 1. The van der Waals surface area contributed by atoms with Crippen molar-refractivity contribution in [2.75, 3.05) is 45.8 Å². The lowest BCUT2D eigenvalue weighted by atomic mass is 10.1. The number of amides is 2. The number of nitrogens with zero attached hydrogens (tertiary/aromatic N) is 3. The molecule has 1 saturated heterocycles. The molecule has 2 amide bonds. The maximum absolute atomic E-state index is 12.9. The van der Waals surface area contributed by atoms with E-state index >= 15 is 0 Å². The number of anilines is 1. The molecule has 0 unspecified atom stereocenters. The fourth-order valence-electron chi connectivity index (χ4n) is 4.85. The van der Waals surface area contributed by atoms with Gasteiger partial charge < -0.3 is 30.0 Å². The molecule has 42 heavy (non-hydrogen) atoms. The molecule has 11 nitrogen and oxygen atoms in total. The molecule has 1 aliphatic heterocycles. The minimum Gasteiger partial charge on any atom is -0.490 e. The van der Waals surface area contributed by atoms with Gasteiger partial charge in [-0.15, -0.1) is 0 Å². The molecular weight excluding hydrogens is 538 g/mol. The maximum Gasteiger partial charge on any atom is 0.325 e. The average molecular weight is 574 g/mol. The van der Waals surface area contributed by atoms with E-state index in [-0.39, 0.29) is 18.0 Å². The third-order valence-corrected chi connectivity index (χ3v) is 7.01. The van der Waals surface area contributed by atoms with Crippen LogP contribution in [0.1, 0.15) is 28.8 Å². The van der Waals surface area contributed by atoms with Gasteiger partial charge in [0.15, 0.2) is 11.5 Å². The number of carbonyl (C=O) groups is 2. The van der Waals surface area contributed by atoms with Gasteiger partial charge in [-0.05, 0) is 42.3 Å². The fraction of sp³-hybridized carbons (Fsp3) is 0.323. The summed E-state index contributed by atoms with van der Waals surface area (Å²) in [5.41, 5.74) is 2.26. The van der Waals surface area contributed by atoms with E-state index in [4.69, 9.17) is 14.2 Å². The van der Waals surface area contributed by atoms with Crippen LogP contribution in [0, 0.1) is 0 Å². The molecule has 11 heteroatoms. The highest BCUT2D eigenvalue weighted by molar-refractivity contribution is 6.03. The topological polar surface area (TPSA) is 127 Å². The SMILES string of the molecule is CNC(=O)n1ccc2cc(Oc3ccnc(NC(=O)c4ccc(CN5CC[C@H](O)C5)cc4)c3)c(OCCCOC)cc21. The second-order valence-electron chi connectivity index (χ2n) is 10.1. The Kier molecular flexibility index (Phi) is 9.32. The first-order valence-corrected chi connectivity index (χ1v) is 13.9. The second kappa shape index (κ2) is 13.5. The molecule has 2 aromatic carbocycles. The van der Waals surface area contributed by atoms with E-state index < -0.39 is 0 Å². The number of methoxy groups -OCH3 is 1. The average Bonchev–Trinajstić information content (AvgIpc) is 3.60. The quantitative estimate of drug-likeness (QED) is 0.227. The van der Waals surface area contributed by atoms with Crippen molar-refractivity contribution in [3.05, 3.63) is 78.1 Å². The fourth-order valence-corrected chi connectivity index (χ4v) is 4.85. The number of likely N-dealkylation sites (tertiary alicyclic amines) is 1. The van der Waals surface area contributed by atoms with Crippen LogP contribution in [0.15, 0.2) is 67.0 Å². The summed E-state index contributed by atoms with van der Waals surface area (Å²) in [6.45, 7) is 3.22. The van der Waals surface area contributed by atoms with Crippen molar-refractivity contribution in [2.45, 2.75) is 25.5 Å². The number of aliphatic hydroxyl groups is 1. The molecule has 220 valence electrons. The monoisotopic (exact) mass is 573 g/mol. The van der Waals surface area contributed by atoms with Gasteiger partial charge in [0.2, 0.25) is 0 Å². The van der Waals surface area contributed by atoms with Gasteiger partial charge >= 0.3 is 6.03 Å². The van der Waals surface area contributed by atoms with Crippen LogP contribution in [0.25, 0.3) is 10.9 Å². The Hall–Kier alpha value is -4.45. The van der Waals surface area contributed by atoms with Crippen molar-refractivity contribution in [2.24, 2.45) is 0 Å². The van der Waals surface area contributed by atoms with Crippen LogP contribution in [0.4, 0.5) is 10.6 Å². The van der Waals surface area contributed by atoms with Crippen molar-refractivity contribution in [3.63, 3.8) is 0 Å². The molecule has 4 aromatic rings. The first-order chi connectivity index (χ1) is 20.4. The second-order valence-corrected chi connectivity index (χ2v) is 10.1. The van der Waals surface area contributed by atoms with Crippen molar-refractivity contribution < 1.29 is 28.9 Å². The van der Waals surface area contributed by atoms with Crippen molar-refractivity contribution >= 4 is 28.7 Å². The highest BCUT2D eigenvalue weighted by atomic mass is 16.5. The number of ether oxygens (including phenoxy) is 3. The minimum absolute atomic E-state index is 0.263. The summed E-state index contributed by atoms with van der Waals surface area (Å²) < 4.78 is 18.8. The molecule has 0 saturated carbocycles. The molecular formula is C31H35N5O6. The molecule has 3 heterocycles. The number of benzene rings is 2. The van der Waals surface area contributed by atoms with Gasteiger partial charge in [-0.2, -0.15) is 0 Å². The largest absolute Gasteiger partial charge is 0.490 e. The van der Waals surface area contributed by atoms with Gasteiger partial charge in [0.25, 0.3) is 5.91 Å². The Morgan fingerprint density at radius 2 is 1.90 bits per heavy atom. The van der Waals surface area contributed by atoms with Crippen molar-refractivity contribution in [1.82, 2.24) is 19.8 Å². The lowest BCUT2D eigenvalue weighted by Crippen LogP contribution is -2.23. The van der Waals surface area contributed by atoms with E-state index in [1.54, 1.807) is 56.9 Å². The Morgan fingerprint density at radius 1 is 1.07 bits per heavy atom. The molecule has 0 bridgehead atoms. The van der Waals surface area contributed by atoms with E-state index in [1.807, 2.05) is 24.3 Å². The van der Waals surface area contributed by atoms with Crippen LogP contribution in [0.5, 0.6) is 17.2 Å². The van der Waals surface area contributed by atoms with Crippen LogP contribution in [0.3, 0.4) is 0 Å². The summed E-state index contributed by atoms with van der Waals surface area (Å²) in [7, 11) is 3.21. The van der Waals surface area contributed by atoms with Crippen LogP contribution in [-0.4, -0.2) is 78.1 Å². The van der Waals surface area contributed by atoms with Gasteiger partial charge in [0.1, 0.15) is 11.6 Å². The molecule has 5 rings (SSSR count). The zero-order valence-corrected chi connectivity index (χ0v) is 23.7. The lowest BCUT2D eigenvalue weighted by Gasteiger charge is -2.15. The molecule has 0 radical (unpaired) electrons. The summed E-state index contributed by atoms with van der Waals surface area (Å²) in [5, 5.41) is 16.0. The lowest BCUT2D eigenvalue weighted by molar-refractivity contribution is 0.102. The molecule has 0 aliphatic carbocycles. The first-order valence-electron chi connectivity index (χ1n) is 13.9. The number of hydrogen-bond acceptors (Lipinski definition) is 8. The number of nitrogens with one attached hydrogen (secondary N) is 2. The standard InChI is InChI=1S/C31H35N5O6/c1-32-31(39)36-13-9-23-16-28(27(18-26(23)36)41-15-3-14-40-2)42-25-8-11-33-29(17-25)34-30(38)22-6-4-21(5-7-22)19-35-12-10-24(37)20-35/h4-9,11,13,16-18,24,37H,3,10,12,14-15,19-20H2,1-2H3,(H,32,39)(H,33,34,38)/t24-/m0/s1. The molecule has 2 aromatic heterocycles. The Bertz CT molecular complexity index is 1540. The Morgan fingerprint density at radius 3 is 2.64 bits per heavy atom. The number of rotatable bonds is 11. The summed E-state index contributed by atoms with van der Waals surface area (Å²) in [4.78, 5) is 31.7. The van der Waals surface area contributed by atoms with Gasteiger partial charge in [0, 0.05) is 82.3 Å². The Labute approximate surface area is 244 Å². The minimum atomic E-state index is -0.290. The normalized spacial score (nSPS) is 15.1. The van der Waals surface area contributed by atoms with Crippen molar-refractivity contribution in [3.8, 4) is 17.2 Å². The number of aliphatic hydroxyl groups excluding tert-OH is 1. The summed E-state index contributed by atoms with van der Waals surface area (Å²) in [6, 6.07) is 15.9. The van der Waals surface area contributed by atoms with E-state index in [0.717, 1.165) is 30.5 Å². The van der Waals surface area contributed by atoms with Crippen LogP contribution >= 0.6 is 0 Å². The highest BCUT2D eigenvalue weighted by Crippen LogP contribution is 2.37. The maximum atomic E-state index is 12.9.